The van der Waals surface area contributed by atoms with E-state index in [1.165, 1.54) is 0 Å². The summed E-state index contributed by atoms with van der Waals surface area (Å²) < 4.78 is 17.9. The van der Waals surface area contributed by atoms with Crippen LogP contribution in [0.2, 0.25) is 0 Å². The molecule has 0 aliphatic carbocycles. The fraction of sp³-hybridized carbons (Fsp3) is 0.192. The Morgan fingerprint density at radius 1 is 1.09 bits per heavy atom. The van der Waals surface area contributed by atoms with Crippen molar-refractivity contribution in [2.45, 2.75) is 13.5 Å². The lowest BCUT2D eigenvalue weighted by Gasteiger charge is -2.11. The first-order chi connectivity index (χ1) is 16.6. The zero-order chi connectivity index (χ0) is 23.5. The highest BCUT2D eigenvalue weighted by molar-refractivity contribution is 5.98. The number of aromatic amines is 1. The number of ether oxygens (including phenoxy) is 3. The third-order valence-corrected chi connectivity index (χ3v) is 5.58. The van der Waals surface area contributed by atoms with E-state index in [9.17, 15) is 0 Å². The van der Waals surface area contributed by atoms with Gasteiger partial charge < -0.3 is 24.5 Å². The van der Waals surface area contributed by atoms with Crippen LogP contribution in [0.1, 0.15) is 16.8 Å². The summed E-state index contributed by atoms with van der Waals surface area (Å²) in [5.74, 6) is 2.30. The van der Waals surface area contributed by atoms with E-state index in [-0.39, 0.29) is 6.61 Å². The van der Waals surface area contributed by atoms with Crippen LogP contribution in [0.5, 0.6) is 11.6 Å². The highest BCUT2D eigenvalue weighted by Crippen LogP contribution is 2.36. The molecular formula is C26H25N5O3. The molecule has 0 saturated heterocycles. The molecule has 3 aromatic heterocycles. The Labute approximate surface area is 197 Å². The SMILES string of the molecule is C=C/C1=C\c2cc(ccc2C)-c2c[nH]c3nc(NC)nc(c23)OCc2cc(ccn2)OCCO1. The van der Waals surface area contributed by atoms with Crippen LogP contribution in [0.15, 0.2) is 61.1 Å². The van der Waals surface area contributed by atoms with Crippen molar-refractivity contribution < 1.29 is 14.2 Å². The number of benzene rings is 1. The van der Waals surface area contributed by atoms with Crippen LogP contribution >= 0.6 is 0 Å². The van der Waals surface area contributed by atoms with Crippen molar-refractivity contribution >= 4 is 23.1 Å². The lowest BCUT2D eigenvalue weighted by molar-refractivity contribution is 0.165. The van der Waals surface area contributed by atoms with Gasteiger partial charge in [0.25, 0.3) is 0 Å². The molecule has 0 unspecified atom stereocenters. The Morgan fingerprint density at radius 3 is 2.82 bits per heavy atom. The number of anilines is 1. The number of aryl methyl sites for hydroxylation is 1. The lowest BCUT2D eigenvalue weighted by atomic mass is 9.99. The van der Waals surface area contributed by atoms with Crippen molar-refractivity contribution in [1.82, 2.24) is 19.9 Å². The quantitative estimate of drug-likeness (QED) is 0.445. The third-order valence-electron chi connectivity index (χ3n) is 5.58. The van der Waals surface area contributed by atoms with Crippen LogP contribution in [-0.4, -0.2) is 40.2 Å². The monoisotopic (exact) mass is 455 g/mol. The number of rotatable bonds is 2. The molecular weight excluding hydrogens is 430 g/mol. The number of hydrogen-bond acceptors (Lipinski definition) is 7. The van der Waals surface area contributed by atoms with Crippen LogP contribution < -0.4 is 14.8 Å². The summed E-state index contributed by atoms with van der Waals surface area (Å²) in [6.45, 7) is 6.97. The Balaban J connectivity index is 1.68. The van der Waals surface area contributed by atoms with Crippen molar-refractivity contribution in [2.24, 2.45) is 0 Å². The van der Waals surface area contributed by atoms with Crippen molar-refractivity contribution in [3.05, 3.63) is 78.0 Å². The molecule has 172 valence electrons. The van der Waals surface area contributed by atoms with Gasteiger partial charge in [-0.15, -0.1) is 0 Å². The second-order valence-electron chi connectivity index (χ2n) is 7.82. The van der Waals surface area contributed by atoms with Gasteiger partial charge in [-0.25, -0.2) is 0 Å². The molecule has 4 bridgehead atoms. The zero-order valence-corrected chi connectivity index (χ0v) is 19.1. The van der Waals surface area contributed by atoms with E-state index in [1.807, 2.05) is 24.4 Å². The van der Waals surface area contributed by atoms with E-state index in [0.29, 0.717) is 42.2 Å². The van der Waals surface area contributed by atoms with E-state index >= 15 is 0 Å². The largest absolute Gasteiger partial charge is 0.490 e. The third kappa shape index (κ3) is 4.30. The molecule has 2 N–H and O–H groups in total. The van der Waals surface area contributed by atoms with Crippen molar-refractivity contribution in [2.75, 3.05) is 25.6 Å². The first-order valence-corrected chi connectivity index (χ1v) is 11.0. The van der Waals surface area contributed by atoms with Crippen molar-refractivity contribution in [3.63, 3.8) is 0 Å². The Bertz CT molecular complexity index is 1390. The van der Waals surface area contributed by atoms with Gasteiger partial charge in [-0.1, -0.05) is 18.7 Å². The average molecular weight is 456 g/mol. The van der Waals surface area contributed by atoms with Gasteiger partial charge in [-0.05, 0) is 47.9 Å². The number of nitrogens with zero attached hydrogens (tertiary/aromatic N) is 3. The minimum absolute atomic E-state index is 0.231. The normalized spacial score (nSPS) is 15.2. The van der Waals surface area contributed by atoms with E-state index in [4.69, 9.17) is 14.2 Å². The number of H-pyrrole nitrogens is 1. The zero-order valence-electron chi connectivity index (χ0n) is 19.1. The van der Waals surface area contributed by atoms with Crippen LogP contribution in [0, 0.1) is 6.92 Å². The maximum absolute atomic E-state index is 6.18. The average Bonchev–Trinajstić information content (AvgIpc) is 3.29. The molecule has 1 aliphatic heterocycles. The molecule has 0 radical (unpaired) electrons. The molecule has 4 heterocycles. The van der Waals surface area contributed by atoms with Crippen LogP contribution in [-0.2, 0) is 11.3 Å². The molecule has 5 rings (SSSR count). The molecule has 0 amide bonds. The van der Waals surface area contributed by atoms with Gasteiger partial charge in [0.1, 0.15) is 37.0 Å². The number of allylic oxidation sites excluding steroid dienone is 1. The molecule has 0 saturated carbocycles. The molecule has 8 heteroatoms. The van der Waals surface area contributed by atoms with Gasteiger partial charge in [-0.3, -0.25) is 4.98 Å². The highest BCUT2D eigenvalue weighted by Gasteiger charge is 2.17. The summed E-state index contributed by atoms with van der Waals surface area (Å²) >= 11 is 0. The lowest BCUT2D eigenvalue weighted by Crippen LogP contribution is -2.07. The predicted octanol–water partition coefficient (Wildman–Crippen LogP) is 4.88. The summed E-state index contributed by atoms with van der Waals surface area (Å²) in [6, 6.07) is 9.93. The second kappa shape index (κ2) is 9.27. The maximum atomic E-state index is 6.18. The van der Waals surface area contributed by atoms with Crippen molar-refractivity contribution in [1.29, 1.82) is 0 Å². The Hall–Kier alpha value is -4.33. The summed E-state index contributed by atoms with van der Waals surface area (Å²) in [7, 11) is 1.77. The molecule has 8 nitrogen and oxygen atoms in total. The fourth-order valence-electron chi connectivity index (χ4n) is 3.81. The summed E-state index contributed by atoms with van der Waals surface area (Å²) in [6.07, 6.45) is 7.31. The first-order valence-electron chi connectivity index (χ1n) is 11.0. The Morgan fingerprint density at radius 2 is 1.97 bits per heavy atom. The predicted molar refractivity (Wildman–Crippen MR) is 132 cm³/mol. The van der Waals surface area contributed by atoms with E-state index < -0.39 is 0 Å². The smallest absolute Gasteiger partial charge is 0.228 e. The second-order valence-corrected chi connectivity index (χ2v) is 7.82. The minimum Gasteiger partial charge on any atom is -0.490 e. The molecule has 0 atom stereocenters. The molecule has 34 heavy (non-hydrogen) atoms. The number of fused-ring (bicyclic) bond motifs is 5. The van der Waals surface area contributed by atoms with Crippen molar-refractivity contribution in [3.8, 4) is 22.8 Å². The number of nitrogens with one attached hydrogen (secondary N) is 2. The first kappa shape index (κ1) is 21.5. The van der Waals surface area contributed by atoms with Gasteiger partial charge in [0, 0.05) is 31.1 Å². The van der Waals surface area contributed by atoms with E-state index in [1.54, 1.807) is 19.3 Å². The summed E-state index contributed by atoms with van der Waals surface area (Å²) in [5.41, 5.74) is 5.50. The Kier molecular flexibility index (Phi) is 5.86. The van der Waals surface area contributed by atoms with E-state index in [0.717, 1.165) is 33.3 Å². The number of aromatic nitrogens is 4. The molecule has 0 fully saturated rings. The number of pyridine rings is 1. The summed E-state index contributed by atoms with van der Waals surface area (Å²) in [4.78, 5) is 16.8. The molecule has 4 aromatic rings. The molecule has 1 aliphatic rings. The summed E-state index contributed by atoms with van der Waals surface area (Å²) in [5, 5.41) is 3.80. The van der Waals surface area contributed by atoms with Gasteiger partial charge in [0.15, 0.2) is 0 Å². The molecule has 1 aromatic carbocycles. The number of hydrogen-bond donors (Lipinski definition) is 2. The highest BCUT2D eigenvalue weighted by atomic mass is 16.5. The van der Waals surface area contributed by atoms with Gasteiger partial charge in [0.2, 0.25) is 11.8 Å². The standard InChI is InChI=1S/C26H25N5O3/c1-4-20-12-18-11-17(6-5-16(18)2)22-14-29-24-23(22)25(31-26(27-3)30-24)34-15-19-13-21(7-8-28-19)33-10-9-32-20/h4-8,11-14H,1,9-10,15H2,2-3H3,(H2,27,29,30,31)/b20-12+. The minimum atomic E-state index is 0.231. The van der Waals surface area contributed by atoms with Gasteiger partial charge in [-0.2, -0.15) is 9.97 Å². The van der Waals surface area contributed by atoms with Crippen LogP contribution in [0.4, 0.5) is 5.95 Å². The fourth-order valence-corrected chi connectivity index (χ4v) is 3.81. The maximum Gasteiger partial charge on any atom is 0.228 e. The molecule has 0 spiro atoms. The van der Waals surface area contributed by atoms with Gasteiger partial charge in [0.05, 0.1) is 11.1 Å². The van der Waals surface area contributed by atoms with Gasteiger partial charge >= 0.3 is 0 Å². The van der Waals surface area contributed by atoms with Crippen LogP contribution in [0.25, 0.3) is 28.2 Å². The van der Waals surface area contributed by atoms with Crippen LogP contribution in [0.3, 0.4) is 0 Å². The van der Waals surface area contributed by atoms with E-state index in [2.05, 4.69) is 57.0 Å². The topological polar surface area (TPSA) is 94.2 Å².